The second-order valence-electron chi connectivity index (χ2n) is 7.44. The van der Waals surface area contributed by atoms with Gasteiger partial charge >= 0.3 is 0 Å². The number of anilines is 2. The summed E-state index contributed by atoms with van der Waals surface area (Å²) in [7, 11) is 1.47. The number of ether oxygens (including phenoxy) is 1. The monoisotopic (exact) mass is 427 g/mol. The molecular weight excluding hydrogens is 408 g/mol. The average Bonchev–Trinajstić information content (AvgIpc) is 3.06. The molecule has 1 amide bonds. The molecule has 3 aromatic rings. The zero-order valence-corrected chi connectivity index (χ0v) is 17.1. The van der Waals surface area contributed by atoms with Crippen LogP contribution in [0.25, 0.3) is 16.7 Å². The van der Waals surface area contributed by atoms with Gasteiger partial charge in [-0.25, -0.2) is 14.6 Å². The summed E-state index contributed by atoms with van der Waals surface area (Å²) < 4.78 is 34.4. The largest absolute Gasteiger partial charge is 0.360 e. The van der Waals surface area contributed by atoms with Gasteiger partial charge in [0.1, 0.15) is 17.6 Å². The highest BCUT2D eigenvalue weighted by molar-refractivity contribution is 5.95. The molecule has 0 bridgehead atoms. The number of nitrogens with one attached hydrogen (secondary N) is 1. The fraction of sp³-hybridized carbons (Fsp3) is 0.350. The summed E-state index contributed by atoms with van der Waals surface area (Å²) in [5, 5.41) is 17.2. The summed E-state index contributed by atoms with van der Waals surface area (Å²) in [4.78, 5) is 21.6. The number of nitrogens with zero attached hydrogens (tertiary/aromatic N) is 6. The molecule has 9 nitrogen and oxygen atoms in total. The van der Waals surface area contributed by atoms with Gasteiger partial charge in [0.15, 0.2) is 17.2 Å². The predicted molar refractivity (Wildman–Crippen MR) is 108 cm³/mol. The molecule has 0 saturated carbocycles. The third-order valence-electron chi connectivity index (χ3n) is 5.04. The van der Waals surface area contributed by atoms with Crippen LogP contribution in [0.4, 0.5) is 20.4 Å². The van der Waals surface area contributed by atoms with Crippen molar-refractivity contribution in [2.24, 2.45) is 0 Å². The molecule has 4 rings (SSSR count). The highest BCUT2D eigenvalue weighted by Gasteiger charge is 2.45. The van der Waals surface area contributed by atoms with E-state index in [1.165, 1.54) is 37.0 Å². The minimum absolute atomic E-state index is 0.189. The van der Waals surface area contributed by atoms with Crippen LogP contribution in [0.3, 0.4) is 0 Å². The number of halogens is 2. The Morgan fingerprint density at radius 1 is 1.39 bits per heavy atom. The standard InChI is InChI=1S/C20H19F2N7O2/c1-12(30)25-16-7-14-13(8-24-16)18(28-10-20(9-23,11-28)31-3)27-29(14)17-6-4-5-15(26-17)19(2,21)22/h4-8H,10-11H2,1-3H3,(H,24,25,30). The van der Waals surface area contributed by atoms with E-state index in [9.17, 15) is 18.8 Å². The Morgan fingerprint density at radius 2 is 2.13 bits per heavy atom. The fourth-order valence-electron chi connectivity index (χ4n) is 3.40. The van der Waals surface area contributed by atoms with E-state index in [0.717, 1.165) is 6.92 Å². The van der Waals surface area contributed by atoms with Crippen molar-refractivity contribution in [3.05, 3.63) is 36.2 Å². The van der Waals surface area contributed by atoms with Gasteiger partial charge in [-0.05, 0) is 12.1 Å². The number of hydrogen-bond donors (Lipinski definition) is 1. The van der Waals surface area contributed by atoms with E-state index in [0.29, 0.717) is 29.8 Å². The Kier molecular flexibility index (Phi) is 4.82. The lowest BCUT2D eigenvalue weighted by Gasteiger charge is -2.44. The number of rotatable bonds is 5. The number of alkyl halides is 2. The molecule has 3 aromatic heterocycles. The van der Waals surface area contributed by atoms with Gasteiger partial charge in [0.25, 0.3) is 5.92 Å². The van der Waals surface area contributed by atoms with Crippen LogP contribution in [0, 0.1) is 11.3 Å². The lowest BCUT2D eigenvalue weighted by atomic mass is 9.95. The number of fused-ring (bicyclic) bond motifs is 1. The number of methoxy groups -OCH3 is 1. The summed E-state index contributed by atoms with van der Waals surface area (Å²) in [5.41, 5.74) is -0.801. The van der Waals surface area contributed by atoms with Crippen molar-refractivity contribution in [3.8, 4) is 11.9 Å². The van der Waals surface area contributed by atoms with E-state index in [1.54, 1.807) is 12.1 Å². The first-order valence-electron chi connectivity index (χ1n) is 9.39. The molecule has 0 aliphatic carbocycles. The van der Waals surface area contributed by atoms with Crippen LogP contribution in [0.2, 0.25) is 0 Å². The molecule has 0 radical (unpaired) electrons. The van der Waals surface area contributed by atoms with Gasteiger partial charge in [-0.3, -0.25) is 4.79 Å². The molecule has 1 N–H and O–H groups in total. The molecule has 11 heteroatoms. The van der Waals surface area contributed by atoms with Crippen LogP contribution in [0.5, 0.6) is 0 Å². The first-order valence-corrected chi connectivity index (χ1v) is 9.39. The first kappa shape index (κ1) is 20.6. The van der Waals surface area contributed by atoms with Gasteiger partial charge in [-0.15, -0.1) is 5.10 Å². The Balaban J connectivity index is 1.84. The second kappa shape index (κ2) is 7.24. The topological polar surface area (TPSA) is 109 Å². The Morgan fingerprint density at radius 3 is 2.74 bits per heavy atom. The van der Waals surface area contributed by atoms with Crippen molar-refractivity contribution in [1.82, 2.24) is 19.7 Å². The van der Waals surface area contributed by atoms with E-state index >= 15 is 0 Å². The molecule has 0 unspecified atom stereocenters. The summed E-state index contributed by atoms with van der Waals surface area (Å²) in [5.74, 6) is -2.43. The van der Waals surface area contributed by atoms with Crippen LogP contribution < -0.4 is 10.2 Å². The number of carbonyl (C=O) groups is 1. The number of carbonyl (C=O) groups excluding carboxylic acids is 1. The average molecular weight is 427 g/mol. The first-order chi connectivity index (χ1) is 14.7. The maximum absolute atomic E-state index is 13.8. The Bertz CT molecular complexity index is 1210. The molecule has 1 aliphatic rings. The molecule has 1 saturated heterocycles. The molecule has 0 atom stereocenters. The van der Waals surface area contributed by atoms with E-state index in [2.05, 4.69) is 26.5 Å². The SMILES string of the molecule is COC1(C#N)CN(c2nn(-c3cccc(C(C)(F)F)n3)c3cc(NC(C)=O)ncc23)C1. The molecule has 31 heavy (non-hydrogen) atoms. The van der Waals surface area contributed by atoms with Gasteiger partial charge < -0.3 is 15.0 Å². The van der Waals surface area contributed by atoms with Crippen LogP contribution in [0.15, 0.2) is 30.5 Å². The number of amides is 1. The van der Waals surface area contributed by atoms with Gasteiger partial charge in [0.2, 0.25) is 5.91 Å². The van der Waals surface area contributed by atoms with Crippen molar-refractivity contribution in [2.75, 3.05) is 30.4 Å². The summed E-state index contributed by atoms with van der Waals surface area (Å²) in [6, 6.07) is 8.03. The minimum Gasteiger partial charge on any atom is -0.360 e. The summed E-state index contributed by atoms with van der Waals surface area (Å²) in [6.07, 6.45) is 1.54. The van der Waals surface area contributed by atoms with Crippen LogP contribution >= 0.6 is 0 Å². The van der Waals surface area contributed by atoms with Gasteiger partial charge in [0, 0.05) is 33.2 Å². The zero-order valence-electron chi connectivity index (χ0n) is 17.1. The van der Waals surface area contributed by atoms with E-state index in [1.807, 2.05) is 4.90 Å². The lowest BCUT2D eigenvalue weighted by molar-refractivity contribution is -0.114. The minimum atomic E-state index is -3.12. The van der Waals surface area contributed by atoms with E-state index in [-0.39, 0.29) is 17.5 Å². The molecule has 1 fully saturated rings. The van der Waals surface area contributed by atoms with Crippen molar-refractivity contribution in [3.63, 3.8) is 0 Å². The quantitative estimate of drug-likeness (QED) is 0.667. The van der Waals surface area contributed by atoms with Gasteiger partial charge in [-0.1, -0.05) is 6.07 Å². The molecular formula is C20H19F2N7O2. The Labute approximate surface area is 176 Å². The normalized spacial score (nSPS) is 15.4. The third kappa shape index (κ3) is 3.66. The molecule has 4 heterocycles. The van der Waals surface area contributed by atoms with Crippen molar-refractivity contribution < 1.29 is 18.3 Å². The Hall–Kier alpha value is -3.65. The summed E-state index contributed by atoms with van der Waals surface area (Å²) >= 11 is 0. The maximum Gasteiger partial charge on any atom is 0.287 e. The zero-order chi connectivity index (χ0) is 22.4. The van der Waals surface area contributed by atoms with Gasteiger partial charge in [-0.2, -0.15) is 14.0 Å². The van der Waals surface area contributed by atoms with Crippen molar-refractivity contribution in [1.29, 1.82) is 5.26 Å². The maximum atomic E-state index is 13.8. The predicted octanol–water partition coefficient (Wildman–Crippen LogP) is 2.61. The van der Waals surface area contributed by atoms with Crippen LogP contribution in [-0.4, -0.2) is 51.5 Å². The number of hydrogen-bond acceptors (Lipinski definition) is 7. The van der Waals surface area contributed by atoms with Gasteiger partial charge in [0.05, 0.1) is 24.0 Å². The van der Waals surface area contributed by atoms with E-state index in [4.69, 9.17) is 4.74 Å². The molecule has 0 aromatic carbocycles. The molecule has 160 valence electrons. The van der Waals surface area contributed by atoms with E-state index < -0.39 is 17.2 Å². The third-order valence-corrected chi connectivity index (χ3v) is 5.04. The van der Waals surface area contributed by atoms with Crippen molar-refractivity contribution in [2.45, 2.75) is 25.4 Å². The number of pyridine rings is 2. The molecule has 0 spiro atoms. The smallest absolute Gasteiger partial charge is 0.287 e. The van der Waals surface area contributed by atoms with Crippen LogP contribution in [0.1, 0.15) is 19.5 Å². The highest BCUT2D eigenvalue weighted by Crippen LogP contribution is 2.35. The number of nitriles is 1. The lowest BCUT2D eigenvalue weighted by Crippen LogP contribution is -2.62. The fourth-order valence-corrected chi connectivity index (χ4v) is 3.40. The second-order valence-corrected chi connectivity index (χ2v) is 7.44. The summed E-state index contributed by atoms with van der Waals surface area (Å²) in [6.45, 7) is 2.71. The van der Waals surface area contributed by atoms with Crippen LogP contribution in [-0.2, 0) is 15.5 Å². The number of aromatic nitrogens is 4. The highest BCUT2D eigenvalue weighted by atomic mass is 19.3. The van der Waals surface area contributed by atoms with Crippen molar-refractivity contribution >= 4 is 28.4 Å². The molecule has 1 aliphatic heterocycles.